The highest BCUT2D eigenvalue weighted by molar-refractivity contribution is 5.91. The number of hydrogen-bond donors (Lipinski definition) is 2. The Morgan fingerprint density at radius 2 is 1.69 bits per heavy atom. The molecule has 0 radical (unpaired) electrons. The summed E-state index contributed by atoms with van der Waals surface area (Å²) in [6, 6.07) is 21.0. The van der Waals surface area contributed by atoms with Crippen molar-refractivity contribution in [2.75, 3.05) is 0 Å². The molecule has 35 heavy (non-hydrogen) atoms. The van der Waals surface area contributed by atoms with Crippen LogP contribution >= 0.6 is 0 Å². The first-order valence-electron chi connectivity index (χ1n) is 11.3. The SMILES string of the molecule is C#Cc1ccc([C@@H]2C=C(C(=O)NCc3ccc(F)cc3)O[C@H](OCc3ccc(CO)cc3)C2)cc1. The molecule has 0 bridgehead atoms. The predicted octanol–water partition coefficient (Wildman–Crippen LogP) is 4.55. The van der Waals surface area contributed by atoms with E-state index in [-0.39, 0.29) is 36.6 Å². The average molecular weight is 472 g/mol. The van der Waals surface area contributed by atoms with Crippen LogP contribution in [0, 0.1) is 18.2 Å². The molecule has 4 rings (SSSR count). The Morgan fingerprint density at radius 3 is 2.34 bits per heavy atom. The Kier molecular flexibility index (Phi) is 7.94. The lowest BCUT2D eigenvalue weighted by molar-refractivity contribution is -0.150. The quantitative estimate of drug-likeness (QED) is 0.473. The minimum Gasteiger partial charge on any atom is -0.459 e. The van der Waals surface area contributed by atoms with E-state index in [0.717, 1.165) is 27.8 Å². The minimum absolute atomic E-state index is 0.0196. The largest absolute Gasteiger partial charge is 0.459 e. The van der Waals surface area contributed by atoms with Crippen molar-refractivity contribution in [2.45, 2.75) is 38.4 Å². The second-order valence-electron chi connectivity index (χ2n) is 8.28. The number of aliphatic hydroxyl groups excluding tert-OH is 1. The fraction of sp³-hybridized carbons (Fsp3) is 0.207. The van der Waals surface area contributed by atoms with E-state index in [0.29, 0.717) is 13.0 Å². The molecule has 2 N–H and O–H groups in total. The number of hydrogen-bond acceptors (Lipinski definition) is 4. The van der Waals surface area contributed by atoms with E-state index in [2.05, 4.69) is 11.2 Å². The number of benzene rings is 3. The van der Waals surface area contributed by atoms with Crippen molar-refractivity contribution in [2.24, 2.45) is 0 Å². The molecule has 0 aromatic heterocycles. The summed E-state index contributed by atoms with van der Waals surface area (Å²) >= 11 is 0. The van der Waals surface area contributed by atoms with Gasteiger partial charge in [-0.25, -0.2) is 4.39 Å². The number of ether oxygens (including phenoxy) is 2. The van der Waals surface area contributed by atoms with E-state index in [1.54, 1.807) is 18.2 Å². The summed E-state index contributed by atoms with van der Waals surface area (Å²) in [5, 5.41) is 12.0. The summed E-state index contributed by atoms with van der Waals surface area (Å²) in [5.74, 6) is 1.97. The normalized spacial score (nSPS) is 17.1. The van der Waals surface area contributed by atoms with Crippen LogP contribution in [0.1, 0.15) is 40.2 Å². The molecule has 3 aromatic rings. The number of terminal acetylenes is 1. The van der Waals surface area contributed by atoms with Crippen LogP contribution in [0.25, 0.3) is 0 Å². The lowest BCUT2D eigenvalue weighted by Gasteiger charge is -2.29. The topological polar surface area (TPSA) is 67.8 Å². The van der Waals surface area contributed by atoms with E-state index >= 15 is 0 Å². The first kappa shape index (κ1) is 24.2. The van der Waals surface area contributed by atoms with Gasteiger partial charge in [-0.3, -0.25) is 4.79 Å². The third kappa shape index (κ3) is 6.57. The summed E-state index contributed by atoms with van der Waals surface area (Å²) in [6.45, 7) is 0.516. The second kappa shape index (κ2) is 11.5. The molecule has 1 aliphatic rings. The summed E-state index contributed by atoms with van der Waals surface area (Å²) in [4.78, 5) is 12.9. The highest BCUT2D eigenvalue weighted by Gasteiger charge is 2.28. The van der Waals surface area contributed by atoms with Gasteiger partial charge in [-0.15, -0.1) is 6.42 Å². The molecule has 0 spiro atoms. The van der Waals surface area contributed by atoms with E-state index in [1.165, 1.54) is 12.1 Å². The van der Waals surface area contributed by atoms with Gasteiger partial charge >= 0.3 is 0 Å². The Hall–Kier alpha value is -3.92. The van der Waals surface area contributed by atoms with Gasteiger partial charge in [0.1, 0.15) is 5.82 Å². The molecule has 3 aromatic carbocycles. The molecule has 1 aliphatic heterocycles. The molecule has 0 saturated carbocycles. The Labute approximate surface area is 204 Å². The van der Waals surface area contributed by atoms with Crippen molar-refractivity contribution < 1.29 is 23.8 Å². The minimum atomic E-state index is -0.638. The second-order valence-corrected chi connectivity index (χ2v) is 8.28. The van der Waals surface area contributed by atoms with Gasteiger partial charge in [-0.2, -0.15) is 0 Å². The highest BCUT2D eigenvalue weighted by Crippen LogP contribution is 2.32. The first-order chi connectivity index (χ1) is 17.0. The van der Waals surface area contributed by atoms with E-state index in [9.17, 15) is 14.3 Å². The summed E-state index contributed by atoms with van der Waals surface area (Å²) < 4.78 is 25.1. The highest BCUT2D eigenvalue weighted by atomic mass is 19.1. The smallest absolute Gasteiger partial charge is 0.286 e. The van der Waals surface area contributed by atoms with Gasteiger partial charge in [0.15, 0.2) is 5.76 Å². The molecule has 0 unspecified atom stereocenters. The maximum atomic E-state index is 13.2. The van der Waals surface area contributed by atoms with Crippen molar-refractivity contribution in [1.29, 1.82) is 0 Å². The zero-order valence-corrected chi connectivity index (χ0v) is 19.1. The van der Waals surface area contributed by atoms with Crippen LogP contribution in [0.5, 0.6) is 0 Å². The number of carbonyl (C=O) groups excluding carboxylic acids is 1. The zero-order valence-electron chi connectivity index (χ0n) is 19.1. The number of carbonyl (C=O) groups is 1. The van der Waals surface area contributed by atoms with E-state index in [1.807, 2.05) is 48.5 Å². The molecular formula is C29H26FNO4. The molecule has 1 amide bonds. The monoisotopic (exact) mass is 471 g/mol. The lowest BCUT2D eigenvalue weighted by atomic mass is 9.92. The van der Waals surface area contributed by atoms with Crippen LogP contribution in [-0.4, -0.2) is 17.3 Å². The van der Waals surface area contributed by atoms with Gasteiger partial charge in [0.25, 0.3) is 5.91 Å². The molecule has 0 fully saturated rings. The number of rotatable bonds is 8. The van der Waals surface area contributed by atoms with Gasteiger partial charge in [0, 0.05) is 24.4 Å². The Bertz CT molecular complexity index is 1210. The Balaban J connectivity index is 1.47. The van der Waals surface area contributed by atoms with Crippen LogP contribution in [0.15, 0.2) is 84.6 Å². The fourth-order valence-electron chi connectivity index (χ4n) is 3.78. The van der Waals surface area contributed by atoms with Gasteiger partial charge in [0.05, 0.1) is 13.2 Å². The number of amides is 1. The molecule has 0 aliphatic carbocycles. The van der Waals surface area contributed by atoms with Gasteiger partial charge in [-0.05, 0) is 52.6 Å². The zero-order chi connectivity index (χ0) is 24.6. The predicted molar refractivity (Wildman–Crippen MR) is 130 cm³/mol. The average Bonchev–Trinajstić information content (AvgIpc) is 2.91. The maximum absolute atomic E-state index is 13.2. The van der Waals surface area contributed by atoms with Gasteiger partial charge in [0.2, 0.25) is 6.29 Å². The maximum Gasteiger partial charge on any atom is 0.286 e. The van der Waals surface area contributed by atoms with E-state index < -0.39 is 6.29 Å². The van der Waals surface area contributed by atoms with E-state index in [4.69, 9.17) is 15.9 Å². The number of aliphatic hydroxyl groups is 1. The van der Waals surface area contributed by atoms with Crippen LogP contribution in [-0.2, 0) is 34.0 Å². The van der Waals surface area contributed by atoms with Crippen molar-refractivity contribution >= 4 is 5.91 Å². The fourth-order valence-corrected chi connectivity index (χ4v) is 3.78. The number of allylic oxidation sites excluding steroid dienone is 1. The molecule has 1 heterocycles. The summed E-state index contributed by atoms with van der Waals surface area (Å²) in [7, 11) is 0. The molecule has 5 nitrogen and oxygen atoms in total. The van der Waals surface area contributed by atoms with Crippen molar-refractivity contribution in [3.8, 4) is 12.3 Å². The molecule has 6 heteroatoms. The lowest BCUT2D eigenvalue weighted by Crippen LogP contribution is -2.32. The van der Waals surface area contributed by atoms with Crippen LogP contribution in [0.4, 0.5) is 4.39 Å². The standard InChI is InChI=1S/C29H26FNO4/c1-2-20-7-11-24(12-8-20)25-15-27(29(33)31-17-21-9-13-26(30)14-10-21)35-28(16-25)34-19-23-5-3-22(18-32)4-6-23/h1,3-15,25,28,32H,16-19H2,(H,31,33)/t25-,28+/m1/s1. The summed E-state index contributed by atoms with van der Waals surface area (Å²) in [6.07, 6.45) is 7.16. The molecule has 0 saturated heterocycles. The van der Waals surface area contributed by atoms with Gasteiger partial charge in [-0.1, -0.05) is 54.5 Å². The van der Waals surface area contributed by atoms with Crippen LogP contribution < -0.4 is 5.32 Å². The van der Waals surface area contributed by atoms with Crippen molar-refractivity contribution in [1.82, 2.24) is 5.32 Å². The van der Waals surface area contributed by atoms with Crippen molar-refractivity contribution in [3.05, 3.63) is 118 Å². The Morgan fingerprint density at radius 1 is 1.03 bits per heavy atom. The first-order valence-corrected chi connectivity index (χ1v) is 11.3. The molecular weight excluding hydrogens is 445 g/mol. The van der Waals surface area contributed by atoms with Gasteiger partial charge < -0.3 is 19.9 Å². The summed E-state index contributed by atoms with van der Waals surface area (Å²) in [5.41, 5.74) is 4.30. The van der Waals surface area contributed by atoms with Crippen molar-refractivity contribution in [3.63, 3.8) is 0 Å². The number of nitrogens with one attached hydrogen (secondary N) is 1. The van der Waals surface area contributed by atoms with Crippen LogP contribution in [0.3, 0.4) is 0 Å². The number of halogens is 1. The van der Waals surface area contributed by atoms with Crippen LogP contribution in [0.2, 0.25) is 0 Å². The third-order valence-electron chi connectivity index (χ3n) is 5.79. The third-order valence-corrected chi connectivity index (χ3v) is 5.79. The molecule has 2 atom stereocenters. The molecule has 178 valence electrons.